The van der Waals surface area contributed by atoms with Gasteiger partial charge in [-0.2, -0.15) is 0 Å². The van der Waals surface area contributed by atoms with Gasteiger partial charge < -0.3 is 10.2 Å². The maximum atomic E-state index is 12.3. The lowest BCUT2D eigenvalue weighted by atomic mass is 10.1. The van der Waals surface area contributed by atoms with Crippen molar-refractivity contribution >= 4 is 50.7 Å². The number of anilines is 2. The van der Waals surface area contributed by atoms with Crippen LogP contribution in [0.5, 0.6) is 0 Å². The zero-order chi connectivity index (χ0) is 17.0. The highest BCUT2D eigenvalue weighted by atomic mass is 79.9. The summed E-state index contributed by atoms with van der Waals surface area (Å²) in [7, 11) is 0. The molecule has 0 unspecified atom stereocenters. The van der Waals surface area contributed by atoms with Crippen LogP contribution in [0, 0.1) is 6.92 Å². The summed E-state index contributed by atoms with van der Waals surface area (Å²) in [5.74, 6) is -0.510. The molecule has 0 aliphatic heterocycles. The molecule has 0 saturated heterocycles. The number of rotatable bonds is 4. The summed E-state index contributed by atoms with van der Waals surface area (Å²) in [4.78, 5) is 25.7. The van der Waals surface area contributed by atoms with Gasteiger partial charge in [-0.25, -0.2) is 0 Å². The third kappa shape index (κ3) is 4.56. The minimum absolute atomic E-state index is 0.0855. The summed E-state index contributed by atoms with van der Waals surface area (Å²) in [6.07, 6.45) is 0. The van der Waals surface area contributed by atoms with Crippen LogP contribution in [-0.2, 0) is 9.59 Å². The Hall–Kier alpha value is -1.85. The van der Waals surface area contributed by atoms with Crippen LogP contribution in [0.4, 0.5) is 11.4 Å². The van der Waals surface area contributed by atoms with Gasteiger partial charge in [0.15, 0.2) is 0 Å². The summed E-state index contributed by atoms with van der Waals surface area (Å²) < 4.78 is 0.779. The van der Waals surface area contributed by atoms with Gasteiger partial charge in [0.05, 0.1) is 5.69 Å². The molecular weight excluding hydrogens is 380 g/mol. The zero-order valence-corrected chi connectivity index (χ0v) is 15.1. The fraction of sp³-hybridized carbons (Fsp3) is 0.176. The number of hydrogen-bond donors (Lipinski definition) is 1. The fourth-order valence-electron chi connectivity index (χ4n) is 2.14. The topological polar surface area (TPSA) is 49.4 Å². The molecule has 2 amide bonds. The fourth-order valence-corrected chi connectivity index (χ4v) is 2.69. The van der Waals surface area contributed by atoms with Crippen molar-refractivity contribution in [3.63, 3.8) is 0 Å². The number of nitrogens with one attached hydrogen (secondary N) is 1. The molecule has 0 bridgehead atoms. The van der Waals surface area contributed by atoms with Gasteiger partial charge in [0, 0.05) is 22.1 Å². The van der Waals surface area contributed by atoms with Gasteiger partial charge in [-0.3, -0.25) is 9.59 Å². The smallest absolute Gasteiger partial charge is 0.244 e. The maximum absolute atomic E-state index is 12.3. The number of para-hydroxylation sites is 1. The Morgan fingerprint density at radius 3 is 2.57 bits per heavy atom. The van der Waals surface area contributed by atoms with Crippen molar-refractivity contribution in [1.82, 2.24) is 0 Å². The van der Waals surface area contributed by atoms with Crippen LogP contribution >= 0.6 is 27.5 Å². The molecule has 1 N–H and O–H groups in total. The van der Waals surface area contributed by atoms with Crippen molar-refractivity contribution < 1.29 is 9.59 Å². The third-order valence-corrected chi connectivity index (χ3v) is 4.22. The van der Waals surface area contributed by atoms with Crippen LogP contribution in [0.1, 0.15) is 12.5 Å². The minimum atomic E-state index is -0.286. The molecule has 0 radical (unpaired) electrons. The first-order valence-electron chi connectivity index (χ1n) is 6.97. The van der Waals surface area contributed by atoms with Crippen LogP contribution in [0.2, 0.25) is 5.02 Å². The first kappa shape index (κ1) is 17.5. The summed E-state index contributed by atoms with van der Waals surface area (Å²) in [5, 5.41) is 3.30. The first-order chi connectivity index (χ1) is 10.9. The van der Waals surface area contributed by atoms with Gasteiger partial charge >= 0.3 is 0 Å². The lowest BCUT2D eigenvalue weighted by Crippen LogP contribution is -2.37. The molecular formula is C17H16BrClN2O2. The molecule has 0 aliphatic rings. The Labute approximate surface area is 148 Å². The Bertz CT molecular complexity index is 749. The molecule has 0 spiro atoms. The quantitative estimate of drug-likeness (QED) is 0.834. The van der Waals surface area contributed by atoms with Gasteiger partial charge in [0.1, 0.15) is 6.54 Å². The first-order valence-corrected chi connectivity index (χ1v) is 8.14. The molecule has 2 aromatic carbocycles. The van der Waals surface area contributed by atoms with Crippen LogP contribution in [0.15, 0.2) is 46.9 Å². The number of carbonyl (C=O) groups excluding carboxylic acids is 2. The number of benzene rings is 2. The van der Waals surface area contributed by atoms with E-state index in [9.17, 15) is 9.59 Å². The number of nitrogens with zero attached hydrogens (tertiary/aromatic N) is 1. The van der Waals surface area contributed by atoms with Crippen LogP contribution in [-0.4, -0.2) is 18.4 Å². The normalized spacial score (nSPS) is 10.3. The summed E-state index contributed by atoms with van der Waals surface area (Å²) in [6, 6.07) is 12.6. The van der Waals surface area contributed by atoms with Crippen molar-refractivity contribution in [3.05, 3.63) is 57.5 Å². The van der Waals surface area contributed by atoms with Crippen LogP contribution in [0.25, 0.3) is 0 Å². The molecule has 0 heterocycles. The second-order valence-electron chi connectivity index (χ2n) is 5.06. The van der Waals surface area contributed by atoms with Crippen LogP contribution < -0.4 is 10.2 Å². The van der Waals surface area contributed by atoms with Crippen molar-refractivity contribution in [1.29, 1.82) is 0 Å². The highest BCUT2D eigenvalue weighted by molar-refractivity contribution is 9.10. The average Bonchev–Trinajstić information content (AvgIpc) is 2.49. The van der Waals surface area contributed by atoms with E-state index in [2.05, 4.69) is 21.2 Å². The van der Waals surface area contributed by atoms with Gasteiger partial charge in [-0.15, -0.1) is 0 Å². The molecule has 2 rings (SSSR count). The molecule has 0 fully saturated rings. The Morgan fingerprint density at radius 2 is 1.91 bits per heavy atom. The van der Waals surface area contributed by atoms with E-state index in [1.54, 1.807) is 18.2 Å². The minimum Gasteiger partial charge on any atom is -0.324 e. The second-order valence-corrected chi connectivity index (χ2v) is 6.35. The Balaban J connectivity index is 2.20. The van der Waals surface area contributed by atoms with E-state index >= 15 is 0 Å². The largest absolute Gasteiger partial charge is 0.324 e. The monoisotopic (exact) mass is 394 g/mol. The standard InChI is InChI=1S/C17H16BrClN2O2/c1-11-7-8-13(19)9-16(11)21(12(2)22)10-17(23)20-15-6-4-3-5-14(15)18/h3-9H,10H2,1-2H3,(H,20,23). The number of hydrogen-bond acceptors (Lipinski definition) is 2. The van der Waals surface area contributed by atoms with E-state index in [1.807, 2.05) is 31.2 Å². The third-order valence-electron chi connectivity index (χ3n) is 3.29. The Morgan fingerprint density at radius 1 is 1.22 bits per heavy atom. The Kier molecular flexibility index (Phi) is 5.80. The maximum Gasteiger partial charge on any atom is 0.244 e. The van der Waals surface area contributed by atoms with E-state index in [-0.39, 0.29) is 18.4 Å². The van der Waals surface area contributed by atoms with Crippen molar-refractivity contribution in [2.24, 2.45) is 0 Å². The van der Waals surface area contributed by atoms with Crippen molar-refractivity contribution in [2.75, 3.05) is 16.8 Å². The highest BCUT2D eigenvalue weighted by Gasteiger charge is 2.18. The summed E-state index contributed by atoms with van der Waals surface area (Å²) in [5.41, 5.74) is 2.16. The summed E-state index contributed by atoms with van der Waals surface area (Å²) in [6.45, 7) is 3.21. The molecule has 0 atom stereocenters. The molecule has 6 heteroatoms. The lowest BCUT2D eigenvalue weighted by Gasteiger charge is -2.23. The molecule has 0 saturated carbocycles. The molecule has 0 aliphatic carbocycles. The van der Waals surface area contributed by atoms with E-state index in [4.69, 9.17) is 11.6 Å². The molecule has 120 valence electrons. The van der Waals surface area contributed by atoms with Crippen molar-refractivity contribution in [2.45, 2.75) is 13.8 Å². The van der Waals surface area contributed by atoms with Crippen molar-refractivity contribution in [3.8, 4) is 0 Å². The lowest BCUT2D eigenvalue weighted by molar-refractivity contribution is -0.120. The average molecular weight is 396 g/mol. The zero-order valence-electron chi connectivity index (χ0n) is 12.8. The van der Waals surface area contributed by atoms with E-state index in [1.165, 1.54) is 11.8 Å². The molecule has 0 aromatic heterocycles. The van der Waals surface area contributed by atoms with E-state index < -0.39 is 0 Å². The van der Waals surface area contributed by atoms with Gasteiger partial charge in [-0.1, -0.05) is 29.8 Å². The molecule has 2 aromatic rings. The predicted octanol–water partition coefficient (Wildman–Crippen LogP) is 4.40. The molecule has 4 nitrogen and oxygen atoms in total. The molecule has 23 heavy (non-hydrogen) atoms. The van der Waals surface area contributed by atoms with E-state index in [0.29, 0.717) is 16.4 Å². The second kappa shape index (κ2) is 7.62. The number of carbonyl (C=O) groups is 2. The number of aryl methyl sites for hydroxylation is 1. The summed E-state index contributed by atoms with van der Waals surface area (Å²) >= 11 is 9.38. The SMILES string of the molecule is CC(=O)N(CC(=O)Nc1ccccc1Br)c1cc(Cl)ccc1C. The highest BCUT2D eigenvalue weighted by Crippen LogP contribution is 2.25. The van der Waals surface area contributed by atoms with Gasteiger partial charge in [-0.05, 0) is 52.7 Å². The van der Waals surface area contributed by atoms with E-state index in [0.717, 1.165) is 10.0 Å². The number of amides is 2. The van der Waals surface area contributed by atoms with Gasteiger partial charge in [0.25, 0.3) is 0 Å². The number of halogens is 2. The van der Waals surface area contributed by atoms with Gasteiger partial charge in [0.2, 0.25) is 11.8 Å². The predicted molar refractivity (Wildman–Crippen MR) is 97.0 cm³/mol. The van der Waals surface area contributed by atoms with Crippen LogP contribution in [0.3, 0.4) is 0 Å².